The fourth-order valence-electron chi connectivity index (χ4n) is 5.45. The number of rotatable bonds is 7. The summed E-state index contributed by atoms with van der Waals surface area (Å²) in [5.41, 5.74) is -0.308. The van der Waals surface area contributed by atoms with E-state index in [1.807, 2.05) is 4.90 Å². The van der Waals surface area contributed by atoms with Gasteiger partial charge in [-0.3, -0.25) is 9.59 Å². The van der Waals surface area contributed by atoms with Crippen molar-refractivity contribution in [2.75, 3.05) is 32.8 Å². The molecule has 0 N–H and O–H groups in total. The third-order valence-corrected chi connectivity index (χ3v) is 7.50. The number of likely N-dealkylation sites (tertiary alicyclic amines) is 2. The van der Waals surface area contributed by atoms with E-state index in [4.69, 9.17) is 9.15 Å². The maximum Gasteiger partial charge on any atom is 0.289 e. The molecule has 0 radical (unpaired) electrons. The molecule has 200 valence electrons. The van der Waals surface area contributed by atoms with Gasteiger partial charge in [-0.1, -0.05) is 12.1 Å². The maximum atomic E-state index is 14.2. The van der Waals surface area contributed by atoms with Crippen LogP contribution in [0.15, 0.2) is 65.1 Å². The minimum Gasteiger partial charge on any atom is -0.493 e. The number of piperidine rings is 2. The largest absolute Gasteiger partial charge is 0.493 e. The van der Waals surface area contributed by atoms with E-state index in [2.05, 4.69) is 0 Å². The number of benzene rings is 2. The van der Waals surface area contributed by atoms with Crippen molar-refractivity contribution in [2.24, 2.45) is 5.41 Å². The van der Waals surface area contributed by atoms with Crippen LogP contribution in [0, 0.1) is 17.0 Å². The first-order chi connectivity index (χ1) is 18.4. The molecule has 0 bridgehead atoms. The average molecular weight is 523 g/mol. The van der Waals surface area contributed by atoms with E-state index in [1.54, 1.807) is 47.4 Å². The average Bonchev–Trinajstić information content (AvgIpc) is 3.43. The number of furan rings is 1. The Morgan fingerprint density at radius 1 is 0.868 bits per heavy atom. The van der Waals surface area contributed by atoms with E-state index in [0.29, 0.717) is 30.8 Å². The molecule has 3 heterocycles. The minimum atomic E-state index is -0.599. The molecule has 38 heavy (non-hydrogen) atoms. The molecule has 0 saturated carbocycles. The second-order valence-corrected chi connectivity index (χ2v) is 10.3. The highest BCUT2D eigenvalue weighted by Gasteiger charge is 2.41. The van der Waals surface area contributed by atoms with Gasteiger partial charge in [-0.2, -0.15) is 0 Å². The van der Waals surface area contributed by atoms with Crippen molar-refractivity contribution in [3.8, 4) is 17.1 Å². The molecule has 3 aromatic rings. The van der Waals surface area contributed by atoms with Crippen molar-refractivity contribution in [2.45, 2.75) is 38.5 Å². The van der Waals surface area contributed by atoms with Gasteiger partial charge in [-0.15, -0.1) is 0 Å². The van der Waals surface area contributed by atoms with Crippen LogP contribution < -0.4 is 4.74 Å². The number of nitrogens with zero attached hydrogens (tertiary/aromatic N) is 2. The molecule has 2 amide bonds. The molecule has 2 aliphatic rings. The fourth-order valence-corrected chi connectivity index (χ4v) is 5.45. The molecule has 0 aliphatic carbocycles. The lowest BCUT2D eigenvalue weighted by atomic mass is 9.77. The van der Waals surface area contributed by atoms with Crippen molar-refractivity contribution in [3.63, 3.8) is 0 Å². The molecule has 0 spiro atoms. The fraction of sp³-hybridized carbons (Fsp3) is 0.400. The van der Waals surface area contributed by atoms with Crippen LogP contribution in [-0.2, 0) is 4.79 Å². The van der Waals surface area contributed by atoms with Crippen LogP contribution in [0.1, 0.15) is 49.1 Å². The van der Waals surface area contributed by atoms with E-state index >= 15 is 0 Å². The van der Waals surface area contributed by atoms with Crippen LogP contribution >= 0.6 is 0 Å². The third-order valence-electron chi connectivity index (χ3n) is 7.50. The van der Waals surface area contributed by atoms with Gasteiger partial charge in [0.2, 0.25) is 5.91 Å². The minimum absolute atomic E-state index is 0.0709. The zero-order valence-electron chi connectivity index (χ0n) is 21.3. The number of amides is 2. The molecule has 2 aromatic carbocycles. The molecule has 6 nitrogen and oxygen atoms in total. The van der Waals surface area contributed by atoms with Crippen LogP contribution in [0.2, 0.25) is 0 Å². The Morgan fingerprint density at radius 3 is 2.37 bits per heavy atom. The molecule has 1 atom stereocenters. The summed E-state index contributed by atoms with van der Waals surface area (Å²) in [7, 11) is 0. The van der Waals surface area contributed by atoms with Gasteiger partial charge >= 0.3 is 0 Å². The molecule has 2 fully saturated rings. The predicted molar refractivity (Wildman–Crippen MR) is 139 cm³/mol. The molecule has 1 unspecified atom stereocenters. The first-order valence-corrected chi connectivity index (χ1v) is 13.2. The molecule has 5 rings (SSSR count). The molecular formula is C30H32F2N2O4. The van der Waals surface area contributed by atoms with Crippen molar-refractivity contribution < 1.29 is 27.5 Å². The lowest BCUT2D eigenvalue weighted by molar-refractivity contribution is -0.136. The van der Waals surface area contributed by atoms with Crippen LogP contribution in [0.3, 0.4) is 0 Å². The van der Waals surface area contributed by atoms with Gasteiger partial charge in [0.25, 0.3) is 5.91 Å². The quantitative estimate of drug-likeness (QED) is 0.386. The SMILES string of the molecule is O=C(CC1(COc2ccc(F)cc2)CCCN(C(=O)c2ccc(-c3ccccc3F)o2)C1)N1CCCCC1. The maximum absolute atomic E-state index is 14.2. The molecule has 1 aromatic heterocycles. The van der Waals surface area contributed by atoms with Crippen molar-refractivity contribution in [1.29, 1.82) is 0 Å². The lowest BCUT2D eigenvalue weighted by Gasteiger charge is -2.43. The molecular weight excluding hydrogens is 490 g/mol. The summed E-state index contributed by atoms with van der Waals surface area (Å²) in [6, 6.07) is 15.2. The van der Waals surface area contributed by atoms with Gasteiger partial charge in [0.05, 0.1) is 12.2 Å². The lowest BCUT2D eigenvalue weighted by Crippen LogP contribution is -2.51. The summed E-state index contributed by atoms with van der Waals surface area (Å²) in [6.07, 6.45) is 4.80. The highest BCUT2D eigenvalue weighted by atomic mass is 19.1. The standard InChI is InChI=1S/C30H32F2N2O4/c31-22-9-11-23(12-10-22)37-21-30(19-28(35)33-16-4-1-5-17-33)15-6-18-34(20-30)29(36)27-14-13-26(38-27)24-7-2-3-8-25(24)32/h2-3,7-14H,1,4-6,15-21H2. The predicted octanol–water partition coefficient (Wildman–Crippen LogP) is 5.93. The zero-order valence-corrected chi connectivity index (χ0v) is 21.3. The number of hydrogen-bond donors (Lipinski definition) is 0. The van der Waals surface area contributed by atoms with E-state index in [0.717, 1.165) is 38.8 Å². The molecule has 2 saturated heterocycles. The Kier molecular flexibility index (Phi) is 7.77. The Balaban J connectivity index is 1.34. The smallest absolute Gasteiger partial charge is 0.289 e. The number of hydrogen-bond acceptors (Lipinski definition) is 4. The van der Waals surface area contributed by atoms with Crippen LogP contribution in [0.5, 0.6) is 5.75 Å². The Morgan fingerprint density at radius 2 is 1.61 bits per heavy atom. The second kappa shape index (κ2) is 11.4. The monoisotopic (exact) mass is 522 g/mol. The van der Waals surface area contributed by atoms with Gasteiger partial charge in [0.15, 0.2) is 5.76 Å². The van der Waals surface area contributed by atoms with Gasteiger partial charge in [0.1, 0.15) is 23.1 Å². The Bertz CT molecular complexity index is 1270. The Labute approximate surface area is 221 Å². The highest BCUT2D eigenvalue weighted by molar-refractivity contribution is 5.92. The zero-order chi connectivity index (χ0) is 26.5. The van der Waals surface area contributed by atoms with E-state index in [9.17, 15) is 18.4 Å². The van der Waals surface area contributed by atoms with Crippen LogP contribution in [-0.4, -0.2) is 54.4 Å². The summed E-state index contributed by atoms with van der Waals surface area (Å²) in [5, 5.41) is 0. The van der Waals surface area contributed by atoms with Gasteiger partial charge < -0.3 is 19.0 Å². The highest BCUT2D eigenvalue weighted by Crippen LogP contribution is 2.37. The van der Waals surface area contributed by atoms with Crippen LogP contribution in [0.4, 0.5) is 8.78 Å². The normalized spacial score (nSPS) is 19.8. The summed E-state index contributed by atoms with van der Waals surface area (Å²) in [5.74, 6) is -0.0805. The van der Waals surface area contributed by atoms with Gasteiger partial charge in [-0.25, -0.2) is 8.78 Å². The topological polar surface area (TPSA) is 63.0 Å². The summed E-state index contributed by atoms with van der Waals surface area (Å²) in [4.78, 5) is 30.4. The summed E-state index contributed by atoms with van der Waals surface area (Å²) >= 11 is 0. The van der Waals surface area contributed by atoms with Gasteiger partial charge in [0, 0.05) is 38.0 Å². The molecule has 2 aliphatic heterocycles. The number of ether oxygens (including phenoxy) is 1. The number of halogens is 2. The summed E-state index contributed by atoms with van der Waals surface area (Å²) < 4.78 is 39.5. The number of carbonyl (C=O) groups is 2. The first-order valence-electron chi connectivity index (χ1n) is 13.2. The first kappa shape index (κ1) is 25.9. The summed E-state index contributed by atoms with van der Waals surface area (Å²) in [6.45, 7) is 2.57. The van der Waals surface area contributed by atoms with E-state index < -0.39 is 11.2 Å². The van der Waals surface area contributed by atoms with Gasteiger partial charge in [-0.05, 0) is 80.6 Å². The van der Waals surface area contributed by atoms with Crippen molar-refractivity contribution >= 4 is 11.8 Å². The van der Waals surface area contributed by atoms with Crippen LogP contribution in [0.25, 0.3) is 11.3 Å². The van der Waals surface area contributed by atoms with Crippen molar-refractivity contribution in [1.82, 2.24) is 9.80 Å². The molecule has 8 heteroatoms. The second-order valence-electron chi connectivity index (χ2n) is 10.3. The third kappa shape index (κ3) is 5.90. The van der Waals surface area contributed by atoms with Crippen molar-refractivity contribution in [3.05, 3.63) is 78.1 Å². The van der Waals surface area contributed by atoms with E-state index in [1.165, 1.54) is 18.2 Å². The van der Waals surface area contributed by atoms with E-state index in [-0.39, 0.29) is 42.2 Å². The Hall–Kier alpha value is -3.68. The number of carbonyl (C=O) groups excluding carboxylic acids is 2.